The predicted octanol–water partition coefficient (Wildman–Crippen LogP) is 4.38. The van der Waals surface area contributed by atoms with Crippen molar-refractivity contribution in [1.82, 2.24) is 25.5 Å². The van der Waals surface area contributed by atoms with Crippen LogP contribution in [0.5, 0.6) is 0 Å². The van der Waals surface area contributed by atoms with E-state index in [4.69, 9.17) is 4.74 Å². The highest BCUT2D eigenvalue weighted by Gasteiger charge is 2.55. The van der Waals surface area contributed by atoms with Gasteiger partial charge in [-0.3, -0.25) is 4.79 Å². The van der Waals surface area contributed by atoms with E-state index in [1.54, 1.807) is 13.0 Å². The van der Waals surface area contributed by atoms with Gasteiger partial charge in [0.2, 0.25) is 11.7 Å². The Morgan fingerprint density at radius 1 is 1.03 bits per heavy atom. The van der Waals surface area contributed by atoms with Crippen molar-refractivity contribution in [3.8, 4) is 22.5 Å². The van der Waals surface area contributed by atoms with E-state index in [1.807, 2.05) is 41.3 Å². The summed E-state index contributed by atoms with van der Waals surface area (Å²) >= 11 is 0. The third-order valence-corrected chi connectivity index (χ3v) is 8.09. The molecule has 2 bridgehead atoms. The van der Waals surface area contributed by atoms with Crippen LogP contribution in [-0.2, 0) is 20.9 Å². The lowest BCUT2D eigenvalue weighted by molar-refractivity contribution is -0.137. The topological polar surface area (TPSA) is 101 Å². The fraction of sp³-hybridized carbons (Fsp3) is 0.393. The summed E-state index contributed by atoms with van der Waals surface area (Å²) in [4.78, 5) is 28.0. The van der Waals surface area contributed by atoms with Gasteiger partial charge in [-0.15, -0.1) is 10.2 Å². The Bertz CT molecular complexity index is 1290. The highest BCUT2D eigenvalue weighted by Crippen LogP contribution is 2.56. The number of nitrogens with zero attached hydrogens (tertiary/aromatic N) is 4. The molecule has 3 aliphatic carbocycles. The molecule has 2 heterocycles. The van der Waals surface area contributed by atoms with Crippen LogP contribution in [0.1, 0.15) is 38.2 Å². The number of benzene rings is 2. The van der Waals surface area contributed by atoms with Crippen molar-refractivity contribution in [2.75, 3.05) is 6.61 Å². The lowest BCUT2D eigenvalue weighted by Crippen LogP contribution is -2.40. The molecule has 1 saturated heterocycles. The highest BCUT2D eigenvalue weighted by molar-refractivity contribution is 5.90. The van der Waals surface area contributed by atoms with Crippen molar-refractivity contribution in [3.63, 3.8) is 0 Å². The zero-order valence-electron chi connectivity index (χ0n) is 20.3. The van der Waals surface area contributed by atoms with Crippen molar-refractivity contribution in [1.29, 1.82) is 0 Å². The summed E-state index contributed by atoms with van der Waals surface area (Å²) in [5.41, 5.74) is 4.80. The van der Waals surface area contributed by atoms with Gasteiger partial charge in [-0.1, -0.05) is 48.5 Å². The van der Waals surface area contributed by atoms with E-state index in [0.717, 1.165) is 53.6 Å². The van der Waals surface area contributed by atoms with Crippen molar-refractivity contribution < 1.29 is 14.3 Å². The number of rotatable bonds is 6. The van der Waals surface area contributed by atoms with Gasteiger partial charge in [-0.2, -0.15) is 5.21 Å². The fourth-order valence-electron chi connectivity index (χ4n) is 6.54. The number of hydrogen-bond acceptors (Lipinski definition) is 6. The van der Waals surface area contributed by atoms with E-state index in [9.17, 15) is 9.59 Å². The quantitative estimate of drug-likeness (QED) is 0.413. The second kappa shape index (κ2) is 9.33. The van der Waals surface area contributed by atoms with E-state index >= 15 is 0 Å². The fourth-order valence-corrected chi connectivity index (χ4v) is 6.54. The third kappa shape index (κ3) is 3.90. The third-order valence-electron chi connectivity index (χ3n) is 8.09. The Hall–Kier alpha value is -3.81. The molecular weight excluding hydrogens is 454 g/mol. The first-order valence-electron chi connectivity index (χ1n) is 12.8. The molecule has 1 aliphatic heterocycles. The van der Waals surface area contributed by atoms with Crippen LogP contribution >= 0.6 is 0 Å². The molecule has 1 amide bonds. The standard InChI is InChI=1S/C28H29N5O3/c1-2-36-24(34)15-23-25-19-11-13-20(14-12-19)26(25)28(35)33(23)16-17-7-9-18(10-8-17)21-5-3-4-6-22(21)27-29-31-32-30-27/h3-10,15,19-20,25-26H,2,11-14,16H2,1H3,(H,29,30,31,32)/b23-15+. The molecule has 0 radical (unpaired) electrons. The maximum absolute atomic E-state index is 13.7. The van der Waals surface area contributed by atoms with Crippen molar-refractivity contribution in [3.05, 3.63) is 65.9 Å². The molecule has 3 aromatic rings. The Morgan fingerprint density at radius 2 is 1.72 bits per heavy atom. The summed E-state index contributed by atoms with van der Waals surface area (Å²) in [6.45, 7) is 2.57. The Balaban J connectivity index is 1.29. The summed E-state index contributed by atoms with van der Waals surface area (Å²) in [6, 6.07) is 16.2. The zero-order valence-corrected chi connectivity index (χ0v) is 20.3. The van der Waals surface area contributed by atoms with Gasteiger partial charge in [0.25, 0.3) is 0 Å². The van der Waals surface area contributed by atoms with Crippen molar-refractivity contribution >= 4 is 11.9 Å². The number of tetrazole rings is 1. The van der Waals surface area contributed by atoms with Gasteiger partial charge in [-0.05, 0) is 66.3 Å². The second-order valence-corrected chi connectivity index (χ2v) is 9.95. The van der Waals surface area contributed by atoms with Gasteiger partial charge in [0, 0.05) is 29.2 Å². The normalized spacial score (nSPS) is 25.9. The number of ether oxygens (including phenoxy) is 1. The predicted molar refractivity (Wildman–Crippen MR) is 133 cm³/mol. The minimum atomic E-state index is -0.360. The van der Waals surface area contributed by atoms with E-state index in [-0.39, 0.29) is 23.7 Å². The second-order valence-electron chi connectivity index (χ2n) is 9.95. The molecule has 4 aliphatic rings. The molecule has 4 fully saturated rings. The number of esters is 1. The van der Waals surface area contributed by atoms with Crippen molar-refractivity contribution in [2.45, 2.75) is 39.2 Å². The molecule has 1 N–H and O–H groups in total. The smallest absolute Gasteiger partial charge is 0.332 e. The number of carbonyl (C=O) groups is 2. The van der Waals surface area contributed by atoms with E-state index in [2.05, 4.69) is 32.8 Å². The van der Waals surface area contributed by atoms with Crippen LogP contribution in [0.25, 0.3) is 22.5 Å². The SMILES string of the molecule is CCOC(=O)/C=C1\C2C3CCC(CC3)C2C(=O)N1Cc1ccc(-c2ccccc2-c2nn[nH]n2)cc1. The lowest BCUT2D eigenvalue weighted by Gasteiger charge is -2.44. The maximum atomic E-state index is 13.7. The Labute approximate surface area is 209 Å². The van der Waals surface area contributed by atoms with E-state index < -0.39 is 0 Å². The highest BCUT2D eigenvalue weighted by atomic mass is 16.5. The first-order valence-corrected chi connectivity index (χ1v) is 12.8. The van der Waals surface area contributed by atoms with Gasteiger partial charge in [0.05, 0.1) is 13.2 Å². The average molecular weight is 484 g/mol. The summed E-state index contributed by atoms with van der Waals surface area (Å²) < 4.78 is 5.23. The van der Waals surface area contributed by atoms with Crippen LogP contribution in [0.4, 0.5) is 0 Å². The molecule has 8 nitrogen and oxygen atoms in total. The van der Waals surface area contributed by atoms with Crippen LogP contribution in [0, 0.1) is 23.7 Å². The summed E-state index contributed by atoms with van der Waals surface area (Å²) in [5.74, 6) is 1.38. The first-order chi connectivity index (χ1) is 17.6. The average Bonchev–Trinajstić information content (AvgIpc) is 3.55. The molecule has 2 unspecified atom stereocenters. The number of fused-ring (bicyclic) bond motifs is 2. The minimum Gasteiger partial charge on any atom is -0.463 e. The van der Waals surface area contributed by atoms with Gasteiger partial charge in [-0.25, -0.2) is 4.79 Å². The number of allylic oxidation sites excluding steroid dienone is 1. The monoisotopic (exact) mass is 483 g/mol. The van der Waals surface area contributed by atoms with Crippen LogP contribution in [0.2, 0.25) is 0 Å². The number of H-pyrrole nitrogens is 1. The van der Waals surface area contributed by atoms with Gasteiger partial charge in [0.15, 0.2) is 0 Å². The van der Waals surface area contributed by atoms with Crippen LogP contribution in [0.15, 0.2) is 60.3 Å². The Morgan fingerprint density at radius 3 is 2.39 bits per heavy atom. The maximum Gasteiger partial charge on any atom is 0.332 e. The van der Waals surface area contributed by atoms with Crippen LogP contribution in [-0.4, -0.2) is 44.0 Å². The molecular formula is C28H29N5O3. The van der Waals surface area contributed by atoms with E-state index in [1.165, 1.54) is 0 Å². The minimum absolute atomic E-state index is 0.000660. The number of nitrogens with one attached hydrogen (secondary N) is 1. The molecule has 0 spiro atoms. The van der Waals surface area contributed by atoms with Gasteiger partial charge < -0.3 is 9.64 Å². The number of carbonyl (C=O) groups excluding carboxylic acids is 2. The molecule has 7 rings (SSSR count). The number of aromatic nitrogens is 4. The molecule has 2 aromatic carbocycles. The molecule has 36 heavy (non-hydrogen) atoms. The van der Waals surface area contributed by atoms with Gasteiger partial charge in [0.1, 0.15) is 0 Å². The summed E-state index contributed by atoms with van der Waals surface area (Å²) in [7, 11) is 0. The number of hydrogen-bond donors (Lipinski definition) is 1. The molecule has 1 aromatic heterocycles. The molecule has 3 saturated carbocycles. The summed E-state index contributed by atoms with van der Waals surface area (Å²) in [6.07, 6.45) is 6.10. The number of amides is 1. The van der Waals surface area contributed by atoms with Gasteiger partial charge >= 0.3 is 5.97 Å². The number of aromatic amines is 1. The first kappa shape index (κ1) is 22.6. The van der Waals surface area contributed by atoms with Crippen LogP contribution < -0.4 is 0 Å². The van der Waals surface area contributed by atoms with Crippen LogP contribution in [0.3, 0.4) is 0 Å². The zero-order chi connectivity index (χ0) is 24.6. The lowest BCUT2D eigenvalue weighted by atomic mass is 9.59. The molecule has 2 atom stereocenters. The molecule has 8 heteroatoms. The van der Waals surface area contributed by atoms with Crippen molar-refractivity contribution in [2.24, 2.45) is 23.7 Å². The van der Waals surface area contributed by atoms with E-state index in [0.29, 0.717) is 30.8 Å². The number of likely N-dealkylation sites (tertiary alicyclic amines) is 1. The largest absolute Gasteiger partial charge is 0.463 e. The molecule has 184 valence electrons. The Kier molecular flexibility index (Phi) is 5.87. The summed E-state index contributed by atoms with van der Waals surface area (Å²) in [5, 5.41) is 14.5.